The van der Waals surface area contributed by atoms with E-state index < -0.39 is 0 Å². The van der Waals surface area contributed by atoms with E-state index in [2.05, 4.69) is 48.3 Å². The van der Waals surface area contributed by atoms with Crippen molar-refractivity contribution in [2.45, 2.75) is 70.9 Å². The number of hydrogen-bond donors (Lipinski definition) is 1. The number of nitrogens with one attached hydrogen (secondary N) is 1. The molecular weight excluding hydrogens is 446 g/mol. The fraction of sp³-hybridized carbons (Fsp3) is 0.519. The van der Waals surface area contributed by atoms with Crippen LogP contribution >= 0.6 is 11.8 Å². The Morgan fingerprint density at radius 3 is 2.59 bits per heavy atom. The second kappa shape index (κ2) is 9.25. The number of allylic oxidation sites excluding steroid dienone is 1. The van der Waals surface area contributed by atoms with Crippen LogP contribution in [0.3, 0.4) is 0 Å². The van der Waals surface area contributed by atoms with E-state index in [0.29, 0.717) is 29.1 Å². The Labute approximate surface area is 205 Å². The first-order chi connectivity index (χ1) is 16.4. The van der Waals surface area contributed by atoms with Gasteiger partial charge in [-0.05, 0) is 60.5 Å². The number of nitrogens with zero attached hydrogens (tertiary/aromatic N) is 2. The van der Waals surface area contributed by atoms with Crippen molar-refractivity contribution in [2.75, 3.05) is 7.11 Å². The summed E-state index contributed by atoms with van der Waals surface area (Å²) in [5.41, 5.74) is 4.27. The second-order valence-corrected chi connectivity index (χ2v) is 11.1. The maximum atomic E-state index is 13.1. The summed E-state index contributed by atoms with van der Waals surface area (Å²) < 4.78 is 5.16. The molecule has 0 radical (unpaired) electrons. The molecule has 1 N–H and O–H groups in total. The molecule has 34 heavy (non-hydrogen) atoms. The molecule has 2 aliphatic carbocycles. The summed E-state index contributed by atoms with van der Waals surface area (Å²) in [6.07, 6.45) is 5.19. The zero-order valence-corrected chi connectivity index (χ0v) is 21.2. The molecule has 2 heterocycles. The van der Waals surface area contributed by atoms with Crippen molar-refractivity contribution >= 4 is 28.8 Å². The number of ether oxygens (including phenoxy) is 1. The molecule has 6 nitrogen and oxygen atoms in total. The van der Waals surface area contributed by atoms with Crippen LogP contribution in [0.5, 0.6) is 0 Å². The zero-order chi connectivity index (χ0) is 24.0. The first-order valence-corrected chi connectivity index (χ1v) is 13.2. The van der Waals surface area contributed by atoms with Crippen molar-refractivity contribution in [1.82, 2.24) is 10.2 Å². The summed E-state index contributed by atoms with van der Waals surface area (Å²) in [4.78, 5) is 32.7. The molecular formula is C27H33N3O3S. The molecule has 5 rings (SSSR count). The van der Waals surface area contributed by atoms with Crippen LogP contribution in [-0.2, 0) is 14.3 Å². The van der Waals surface area contributed by atoms with Gasteiger partial charge < -0.3 is 15.0 Å². The molecule has 1 amide bonds. The number of hydrogen-bond acceptors (Lipinski definition) is 6. The SMILES string of the molecule is COC(=O)C1=C(C)N=C2SC=C(CC(=O)NC3CC4CCC3C4)N2C1c1ccc(C(C)C)cc1. The summed E-state index contributed by atoms with van der Waals surface area (Å²) in [5.74, 6) is 1.50. The van der Waals surface area contributed by atoms with Gasteiger partial charge in [-0.15, -0.1) is 0 Å². The van der Waals surface area contributed by atoms with E-state index in [1.54, 1.807) is 0 Å². The van der Waals surface area contributed by atoms with Gasteiger partial charge in [-0.25, -0.2) is 9.79 Å². The van der Waals surface area contributed by atoms with Crippen molar-refractivity contribution in [1.29, 1.82) is 0 Å². The lowest BCUT2D eigenvalue weighted by Gasteiger charge is -2.36. The Morgan fingerprint density at radius 1 is 1.21 bits per heavy atom. The average molecular weight is 480 g/mol. The smallest absolute Gasteiger partial charge is 0.338 e. The first-order valence-electron chi connectivity index (χ1n) is 12.3. The molecule has 2 saturated carbocycles. The highest BCUT2D eigenvalue weighted by Crippen LogP contribution is 2.46. The van der Waals surface area contributed by atoms with Gasteiger partial charge >= 0.3 is 5.97 Å². The van der Waals surface area contributed by atoms with E-state index in [0.717, 1.165) is 28.8 Å². The number of carbonyl (C=O) groups excluding carboxylic acids is 2. The molecule has 4 atom stereocenters. The third-order valence-corrected chi connectivity index (χ3v) is 8.64. The lowest BCUT2D eigenvalue weighted by atomic mass is 9.92. The molecule has 0 saturated heterocycles. The Balaban J connectivity index is 1.42. The van der Waals surface area contributed by atoms with Gasteiger partial charge in [-0.3, -0.25) is 4.79 Å². The maximum Gasteiger partial charge on any atom is 0.338 e. The topological polar surface area (TPSA) is 71.0 Å². The highest BCUT2D eigenvalue weighted by atomic mass is 32.2. The van der Waals surface area contributed by atoms with Crippen LogP contribution < -0.4 is 5.32 Å². The fourth-order valence-electron chi connectivity index (χ4n) is 5.96. The van der Waals surface area contributed by atoms with Crippen molar-refractivity contribution in [3.63, 3.8) is 0 Å². The van der Waals surface area contributed by atoms with Crippen LogP contribution in [0.25, 0.3) is 0 Å². The van der Waals surface area contributed by atoms with Crippen molar-refractivity contribution < 1.29 is 14.3 Å². The minimum absolute atomic E-state index is 0.0467. The van der Waals surface area contributed by atoms with Crippen molar-refractivity contribution in [3.8, 4) is 0 Å². The number of benzene rings is 1. The highest BCUT2D eigenvalue weighted by molar-refractivity contribution is 8.16. The van der Waals surface area contributed by atoms with Crippen LogP contribution in [0, 0.1) is 11.8 Å². The van der Waals surface area contributed by atoms with E-state index in [9.17, 15) is 9.59 Å². The van der Waals surface area contributed by atoms with Crippen LogP contribution in [0.1, 0.15) is 76.0 Å². The third-order valence-electron chi connectivity index (χ3n) is 7.75. The van der Waals surface area contributed by atoms with Crippen LogP contribution in [0.4, 0.5) is 0 Å². The van der Waals surface area contributed by atoms with Gasteiger partial charge in [0.15, 0.2) is 5.17 Å². The highest BCUT2D eigenvalue weighted by Gasteiger charge is 2.42. The average Bonchev–Trinajstić information content (AvgIpc) is 3.54. The number of amidine groups is 1. The molecule has 4 unspecified atom stereocenters. The number of aliphatic imine (C=N–C) groups is 1. The summed E-state index contributed by atoms with van der Waals surface area (Å²) in [6, 6.07) is 8.32. The van der Waals surface area contributed by atoms with Gasteiger partial charge in [-0.2, -0.15) is 0 Å². The van der Waals surface area contributed by atoms with Crippen LogP contribution in [0.15, 0.2) is 51.6 Å². The molecule has 7 heteroatoms. The normalized spacial score (nSPS) is 27.6. The first kappa shape index (κ1) is 23.2. The second-order valence-electron chi connectivity index (χ2n) is 10.2. The largest absolute Gasteiger partial charge is 0.466 e. The molecule has 2 bridgehead atoms. The zero-order valence-electron chi connectivity index (χ0n) is 20.3. The number of carbonyl (C=O) groups is 2. The quantitative estimate of drug-likeness (QED) is 0.564. The fourth-order valence-corrected chi connectivity index (χ4v) is 6.93. The molecule has 2 aliphatic heterocycles. The molecule has 4 aliphatic rings. The Morgan fingerprint density at radius 2 is 1.97 bits per heavy atom. The minimum Gasteiger partial charge on any atom is -0.466 e. The molecule has 2 fully saturated rings. The van der Waals surface area contributed by atoms with Gasteiger partial charge in [0.1, 0.15) is 0 Å². The molecule has 180 valence electrons. The van der Waals surface area contributed by atoms with E-state index in [1.807, 2.05) is 12.3 Å². The third kappa shape index (κ3) is 4.19. The van der Waals surface area contributed by atoms with Gasteiger partial charge in [0.25, 0.3) is 0 Å². The summed E-state index contributed by atoms with van der Waals surface area (Å²) in [7, 11) is 1.40. The van der Waals surface area contributed by atoms with Gasteiger partial charge in [0.05, 0.1) is 30.8 Å². The predicted molar refractivity (Wildman–Crippen MR) is 135 cm³/mol. The minimum atomic E-state index is -0.388. The predicted octanol–water partition coefficient (Wildman–Crippen LogP) is 5.25. The molecule has 1 aromatic carbocycles. The van der Waals surface area contributed by atoms with Crippen molar-refractivity contribution in [3.05, 3.63) is 57.8 Å². The summed E-state index contributed by atoms with van der Waals surface area (Å²) in [6.45, 7) is 6.18. The number of rotatable bonds is 6. The molecule has 0 aromatic heterocycles. The Hall–Kier alpha value is -2.54. The number of amides is 1. The lowest BCUT2D eigenvalue weighted by Crippen LogP contribution is -2.41. The lowest BCUT2D eigenvalue weighted by molar-refractivity contribution is -0.136. The van der Waals surface area contributed by atoms with Crippen LogP contribution in [-0.4, -0.2) is 35.1 Å². The summed E-state index contributed by atoms with van der Waals surface area (Å²) >= 11 is 1.51. The monoisotopic (exact) mass is 479 g/mol. The van der Waals surface area contributed by atoms with Gasteiger partial charge in [-0.1, -0.05) is 56.3 Å². The number of esters is 1. The Kier molecular flexibility index (Phi) is 6.32. The van der Waals surface area contributed by atoms with E-state index >= 15 is 0 Å². The molecule has 1 aromatic rings. The van der Waals surface area contributed by atoms with Crippen molar-refractivity contribution in [2.24, 2.45) is 16.8 Å². The molecule has 0 spiro atoms. The van der Waals surface area contributed by atoms with Gasteiger partial charge in [0, 0.05) is 11.7 Å². The summed E-state index contributed by atoms with van der Waals surface area (Å²) in [5, 5.41) is 6.10. The number of thioether (sulfide) groups is 1. The number of fused-ring (bicyclic) bond motifs is 3. The van der Waals surface area contributed by atoms with E-state index in [1.165, 1.54) is 43.7 Å². The van der Waals surface area contributed by atoms with Crippen LogP contribution in [0.2, 0.25) is 0 Å². The Bertz CT molecular complexity index is 1090. The van der Waals surface area contributed by atoms with Gasteiger partial charge in [0.2, 0.25) is 5.91 Å². The van der Waals surface area contributed by atoms with E-state index in [-0.39, 0.29) is 24.3 Å². The maximum absolute atomic E-state index is 13.1. The van der Waals surface area contributed by atoms with E-state index in [4.69, 9.17) is 9.73 Å². The standard InChI is InChI=1S/C27H33N3O3S/c1-15(2)18-7-9-19(10-8-18)25-24(26(32)33-4)16(3)28-27-30(25)21(14-34-27)13-23(31)29-22-12-17-5-6-20(22)11-17/h7-10,14-15,17,20,22,25H,5-6,11-13H2,1-4H3,(H,29,31). The number of methoxy groups -OCH3 is 1.